The molecule has 0 aromatic rings. The van der Waals surface area contributed by atoms with E-state index >= 15 is 0 Å². The third-order valence-corrected chi connectivity index (χ3v) is 2.34. The predicted molar refractivity (Wildman–Crippen MR) is 38.1 cm³/mol. The van der Waals surface area contributed by atoms with Gasteiger partial charge in [0.05, 0.1) is 0 Å². The van der Waals surface area contributed by atoms with E-state index in [1.165, 1.54) is 6.21 Å². The van der Waals surface area contributed by atoms with Crippen LogP contribution in [0.25, 0.3) is 0 Å². The summed E-state index contributed by atoms with van der Waals surface area (Å²) in [5.74, 6) is -0.850. The van der Waals surface area contributed by atoms with E-state index < -0.39 is 13.4 Å². The number of aliphatic imine (C=N–C) groups is 1. The first-order valence-electron chi connectivity index (χ1n) is 2.84. The molecule has 0 aliphatic carbocycles. The van der Waals surface area contributed by atoms with Gasteiger partial charge in [-0.2, -0.15) is 0 Å². The van der Waals surface area contributed by atoms with Crippen molar-refractivity contribution >= 4 is 13.8 Å². The zero-order chi connectivity index (χ0) is 7.61. The molecule has 2 N–H and O–H groups in total. The summed E-state index contributed by atoms with van der Waals surface area (Å²) in [7, 11) is -3.99. The molecule has 0 aromatic carbocycles. The fraction of sp³-hybridized carbons (Fsp3) is 0.400. The molecule has 1 heterocycles. The maximum absolute atomic E-state index is 10.5. The minimum atomic E-state index is -3.99. The van der Waals surface area contributed by atoms with Crippen LogP contribution >= 0.6 is 7.60 Å². The van der Waals surface area contributed by atoms with Crippen molar-refractivity contribution in [3.05, 3.63) is 12.2 Å². The molecule has 0 saturated carbocycles. The minimum Gasteiger partial charge on any atom is -0.323 e. The largest absolute Gasteiger partial charge is 0.350 e. The zero-order valence-corrected chi connectivity index (χ0v) is 6.11. The van der Waals surface area contributed by atoms with E-state index in [0.29, 0.717) is 6.42 Å². The lowest BCUT2D eigenvalue weighted by Gasteiger charge is -2.12. The normalized spacial score (nSPS) is 25.2. The summed E-state index contributed by atoms with van der Waals surface area (Å²) in [6, 6.07) is 0. The number of rotatable bonds is 1. The Hall–Kier alpha value is -0.440. The van der Waals surface area contributed by atoms with E-state index in [0.717, 1.165) is 0 Å². The number of hydrogen-bond acceptors (Lipinski definition) is 2. The van der Waals surface area contributed by atoms with Crippen LogP contribution in [0, 0.1) is 0 Å². The van der Waals surface area contributed by atoms with E-state index in [-0.39, 0.29) is 0 Å². The van der Waals surface area contributed by atoms with E-state index in [1.54, 1.807) is 12.2 Å². The molecular weight excluding hydrogens is 153 g/mol. The summed E-state index contributed by atoms with van der Waals surface area (Å²) in [5.41, 5.74) is 0. The SMILES string of the molecule is O=P(O)(O)C1CC=CC=N1. The van der Waals surface area contributed by atoms with E-state index in [4.69, 9.17) is 9.79 Å². The molecule has 5 heteroatoms. The van der Waals surface area contributed by atoms with Crippen molar-refractivity contribution in [1.29, 1.82) is 0 Å². The van der Waals surface area contributed by atoms with E-state index in [2.05, 4.69) is 4.99 Å². The Morgan fingerprint density at radius 1 is 1.60 bits per heavy atom. The minimum absolute atomic E-state index is 0.334. The maximum Gasteiger partial charge on any atom is 0.350 e. The number of nitrogens with zero attached hydrogens (tertiary/aromatic N) is 1. The third-order valence-electron chi connectivity index (χ3n) is 1.22. The Balaban J connectivity index is 2.69. The van der Waals surface area contributed by atoms with Crippen molar-refractivity contribution in [3.8, 4) is 0 Å². The van der Waals surface area contributed by atoms with Crippen molar-refractivity contribution in [2.45, 2.75) is 12.2 Å². The molecule has 1 atom stereocenters. The Kier molecular flexibility index (Phi) is 2.04. The molecule has 0 saturated heterocycles. The molecular formula is C5H8NO3P. The Morgan fingerprint density at radius 3 is 2.60 bits per heavy atom. The molecule has 1 aliphatic rings. The molecule has 1 rings (SSSR count). The van der Waals surface area contributed by atoms with Gasteiger partial charge in [0, 0.05) is 6.21 Å². The summed E-state index contributed by atoms with van der Waals surface area (Å²) in [6.45, 7) is 0. The van der Waals surface area contributed by atoms with Gasteiger partial charge in [-0.3, -0.25) is 9.56 Å². The highest BCUT2D eigenvalue weighted by molar-refractivity contribution is 7.52. The van der Waals surface area contributed by atoms with Crippen molar-refractivity contribution in [2.24, 2.45) is 4.99 Å². The zero-order valence-electron chi connectivity index (χ0n) is 5.21. The van der Waals surface area contributed by atoms with Crippen LogP contribution in [0.4, 0.5) is 0 Å². The van der Waals surface area contributed by atoms with Crippen LogP contribution < -0.4 is 0 Å². The van der Waals surface area contributed by atoms with Crippen molar-refractivity contribution < 1.29 is 14.4 Å². The van der Waals surface area contributed by atoms with Gasteiger partial charge in [-0.05, 0) is 12.5 Å². The lowest BCUT2D eigenvalue weighted by atomic mass is 10.3. The smallest absolute Gasteiger partial charge is 0.323 e. The van der Waals surface area contributed by atoms with Crippen LogP contribution in [0.1, 0.15) is 6.42 Å². The molecule has 0 aromatic heterocycles. The van der Waals surface area contributed by atoms with Crippen molar-refractivity contribution in [2.75, 3.05) is 0 Å². The van der Waals surface area contributed by atoms with Gasteiger partial charge in [0.2, 0.25) is 0 Å². The molecule has 0 spiro atoms. The number of allylic oxidation sites excluding steroid dienone is 1. The van der Waals surface area contributed by atoms with Gasteiger partial charge in [-0.1, -0.05) is 6.08 Å². The highest BCUT2D eigenvalue weighted by Gasteiger charge is 2.26. The van der Waals surface area contributed by atoms with Crippen LogP contribution in [-0.2, 0) is 4.57 Å². The molecule has 0 fully saturated rings. The Labute approximate surface area is 58.5 Å². The number of dihydropyridines is 1. The first-order valence-corrected chi connectivity index (χ1v) is 4.52. The summed E-state index contributed by atoms with van der Waals surface area (Å²) >= 11 is 0. The molecule has 10 heavy (non-hydrogen) atoms. The Bertz CT molecular complexity index is 217. The summed E-state index contributed by atoms with van der Waals surface area (Å²) < 4.78 is 10.5. The van der Waals surface area contributed by atoms with Gasteiger partial charge in [0.25, 0.3) is 0 Å². The molecule has 1 unspecified atom stereocenters. The summed E-state index contributed by atoms with van der Waals surface area (Å²) in [6.07, 6.45) is 5.11. The van der Waals surface area contributed by atoms with Crippen molar-refractivity contribution in [1.82, 2.24) is 0 Å². The Morgan fingerprint density at radius 2 is 2.30 bits per heavy atom. The lowest BCUT2D eigenvalue weighted by Crippen LogP contribution is -2.06. The van der Waals surface area contributed by atoms with E-state index in [1.807, 2.05) is 0 Å². The van der Waals surface area contributed by atoms with Gasteiger partial charge in [-0.25, -0.2) is 0 Å². The quantitative estimate of drug-likeness (QED) is 0.551. The van der Waals surface area contributed by atoms with Crippen LogP contribution in [0.2, 0.25) is 0 Å². The summed E-state index contributed by atoms with van der Waals surface area (Å²) in [4.78, 5) is 20.8. The highest BCUT2D eigenvalue weighted by atomic mass is 31.2. The standard InChI is InChI=1S/C5H8NO3P/c7-10(8,9)5-3-1-2-4-6-5/h1-2,4-5H,3H2,(H2,7,8,9). The third kappa shape index (κ3) is 1.77. The highest BCUT2D eigenvalue weighted by Crippen LogP contribution is 2.44. The molecule has 56 valence electrons. The monoisotopic (exact) mass is 161 g/mol. The van der Waals surface area contributed by atoms with Crippen LogP contribution in [0.5, 0.6) is 0 Å². The average Bonchev–Trinajstić information content (AvgIpc) is 1.88. The van der Waals surface area contributed by atoms with Gasteiger partial charge in [0.15, 0.2) is 5.78 Å². The average molecular weight is 161 g/mol. The topological polar surface area (TPSA) is 69.9 Å². The van der Waals surface area contributed by atoms with Gasteiger partial charge >= 0.3 is 7.60 Å². The second-order valence-electron chi connectivity index (χ2n) is 2.03. The number of hydrogen-bond donors (Lipinski definition) is 2. The second kappa shape index (κ2) is 2.66. The van der Waals surface area contributed by atoms with Crippen LogP contribution in [-0.4, -0.2) is 21.8 Å². The van der Waals surface area contributed by atoms with Gasteiger partial charge < -0.3 is 9.79 Å². The second-order valence-corrected chi connectivity index (χ2v) is 3.81. The van der Waals surface area contributed by atoms with Gasteiger partial charge in [0.1, 0.15) is 0 Å². The predicted octanol–water partition coefficient (Wildman–Crippen LogP) is 0.521. The van der Waals surface area contributed by atoms with E-state index in [9.17, 15) is 4.57 Å². The molecule has 4 nitrogen and oxygen atoms in total. The summed E-state index contributed by atoms with van der Waals surface area (Å²) in [5, 5.41) is 0. The van der Waals surface area contributed by atoms with Crippen LogP contribution in [0.15, 0.2) is 17.1 Å². The maximum atomic E-state index is 10.5. The van der Waals surface area contributed by atoms with Crippen molar-refractivity contribution in [3.63, 3.8) is 0 Å². The molecule has 0 amide bonds. The van der Waals surface area contributed by atoms with Gasteiger partial charge in [-0.15, -0.1) is 0 Å². The fourth-order valence-corrected chi connectivity index (χ4v) is 1.34. The first-order chi connectivity index (χ1) is 4.61. The first kappa shape index (κ1) is 7.66. The van der Waals surface area contributed by atoms with Crippen LogP contribution in [0.3, 0.4) is 0 Å². The molecule has 0 bridgehead atoms. The fourth-order valence-electron chi connectivity index (χ4n) is 0.695. The molecule has 0 radical (unpaired) electrons. The molecule has 1 aliphatic heterocycles. The lowest BCUT2D eigenvalue weighted by molar-refractivity contribution is 0.359.